The quantitative estimate of drug-likeness (QED) is 0.0229. The van der Waals surface area contributed by atoms with Crippen LogP contribution in [0.4, 0.5) is 0 Å². The van der Waals surface area contributed by atoms with Gasteiger partial charge in [0.05, 0.1) is 20.5 Å². The van der Waals surface area contributed by atoms with Gasteiger partial charge in [-0.25, -0.2) is 34.7 Å². The summed E-state index contributed by atoms with van der Waals surface area (Å²) >= 11 is 4.23. The number of carboxylic acids is 3. The smallest absolute Gasteiger partial charge is 0.326 e. The summed E-state index contributed by atoms with van der Waals surface area (Å²) < 4.78 is 0. The first-order valence-corrected chi connectivity index (χ1v) is 55.9. The molecular weight excluding hydrogens is 1890 g/mol. The molecule has 8 heterocycles. The maximum atomic E-state index is 13.8. The average Bonchev–Trinajstić information content (AvgIpc) is 1.38. The number of amides is 6. The molecule has 8 aliphatic rings. The van der Waals surface area contributed by atoms with Gasteiger partial charge in [0.15, 0.2) is 17.5 Å². The van der Waals surface area contributed by atoms with E-state index < -0.39 is 59.9 Å². The van der Waals surface area contributed by atoms with E-state index >= 15 is 0 Å². The van der Waals surface area contributed by atoms with Crippen molar-refractivity contribution in [3.63, 3.8) is 0 Å². The van der Waals surface area contributed by atoms with Crippen molar-refractivity contribution in [2.45, 2.75) is 316 Å². The first-order valence-electron chi connectivity index (χ1n) is 53.5. The lowest BCUT2D eigenvalue weighted by atomic mass is 9.71. The van der Waals surface area contributed by atoms with Gasteiger partial charge >= 0.3 is 17.9 Å². The predicted molar refractivity (Wildman–Crippen MR) is 580 cm³/mol. The maximum Gasteiger partial charge on any atom is 0.326 e. The monoisotopic (exact) mass is 2040 g/mol. The summed E-state index contributed by atoms with van der Waals surface area (Å²) in [5, 5.41) is 39.8. The van der Waals surface area contributed by atoms with E-state index in [1.807, 2.05) is 128 Å². The highest BCUT2D eigenvalue weighted by Gasteiger charge is 2.41. The minimum absolute atomic E-state index is 0.0880. The van der Waals surface area contributed by atoms with Gasteiger partial charge in [-0.1, -0.05) is 219 Å². The molecule has 27 heteroatoms. The van der Waals surface area contributed by atoms with Crippen molar-refractivity contribution in [3.8, 4) is 34.2 Å². The Morgan fingerprint density at radius 2 is 0.726 bits per heavy atom. The zero-order valence-electron chi connectivity index (χ0n) is 87.5. The number of likely N-dealkylation sites (tertiary alicyclic amines) is 2. The van der Waals surface area contributed by atoms with Crippen LogP contribution in [0.5, 0.6) is 0 Å². The van der Waals surface area contributed by atoms with Gasteiger partial charge in [0.1, 0.15) is 30.2 Å². The highest BCUT2D eigenvalue weighted by Crippen LogP contribution is 2.46. The summed E-state index contributed by atoms with van der Waals surface area (Å²) in [6.07, 6.45) is 49.4. The molecule has 6 aliphatic carbocycles. The van der Waals surface area contributed by atoms with Gasteiger partial charge in [-0.15, -0.1) is 34.0 Å². The van der Waals surface area contributed by atoms with Crippen LogP contribution in [0, 0.1) is 59.2 Å². The third-order valence-corrected chi connectivity index (χ3v) is 36.4. The van der Waals surface area contributed by atoms with E-state index in [1.54, 1.807) is 23.1 Å². The third-order valence-electron chi connectivity index (χ3n) is 31.9. The number of benzene rings is 3. The minimum atomic E-state index is -1.15. The molecule has 6 amide bonds. The van der Waals surface area contributed by atoms with Crippen molar-refractivity contribution in [1.82, 2.24) is 61.0 Å². The molecule has 0 radical (unpaired) electrons. The van der Waals surface area contributed by atoms with Crippen LogP contribution in [0.15, 0.2) is 165 Å². The second-order valence-corrected chi connectivity index (χ2v) is 48.9. The van der Waals surface area contributed by atoms with Gasteiger partial charge in [0.25, 0.3) is 17.7 Å². The lowest BCUT2D eigenvalue weighted by Gasteiger charge is -2.35. The van der Waals surface area contributed by atoms with Gasteiger partial charge in [0, 0.05) is 124 Å². The van der Waals surface area contributed by atoms with E-state index in [0.717, 1.165) is 156 Å². The molecule has 3 unspecified atom stereocenters. The number of carboxylic acid groups (broad SMARTS) is 3. The second-order valence-electron chi connectivity index (χ2n) is 45.6. The summed E-state index contributed by atoms with van der Waals surface area (Å²) in [6.45, 7) is 28.2. The van der Waals surface area contributed by atoms with Gasteiger partial charge in [-0.2, -0.15) is 0 Å². The van der Waals surface area contributed by atoms with Gasteiger partial charge in [-0.3, -0.25) is 38.4 Å². The lowest BCUT2D eigenvalue weighted by Crippen LogP contribution is -2.52. The molecule has 2 aliphatic heterocycles. The summed E-state index contributed by atoms with van der Waals surface area (Å²) in [5.41, 5.74) is 12.2. The molecule has 24 nitrogen and oxygen atoms in total. The Morgan fingerprint density at radius 1 is 0.384 bits per heavy atom. The van der Waals surface area contributed by atoms with Crippen LogP contribution in [0.1, 0.15) is 328 Å². The van der Waals surface area contributed by atoms with E-state index in [4.69, 9.17) is 19.9 Å². The fraction of sp³-hybridized carbons (Fsp3) is 0.521. The second kappa shape index (κ2) is 49.1. The van der Waals surface area contributed by atoms with Crippen LogP contribution >= 0.6 is 34.0 Å². The average molecular weight is 2040 g/mol. The van der Waals surface area contributed by atoms with E-state index in [2.05, 4.69) is 133 Å². The predicted octanol–water partition coefficient (Wildman–Crippen LogP) is 23.5. The van der Waals surface area contributed by atoms with Crippen LogP contribution in [-0.4, -0.2) is 158 Å². The number of nitrogens with one attached hydrogen (secondary N) is 4. The molecule has 17 rings (SSSR count). The summed E-state index contributed by atoms with van der Waals surface area (Å²) in [4.78, 5) is 151. The number of hydrogen-bond acceptors (Lipinski definition) is 18. The van der Waals surface area contributed by atoms with Crippen LogP contribution < -0.4 is 21.3 Å². The zero-order valence-corrected chi connectivity index (χ0v) is 89.9. The van der Waals surface area contributed by atoms with Crippen molar-refractivity contribution < 1.29 is 58.5 Å². The number of thiophene rings is 3. The Bertz CT molecular complexity index is 6100. The molecule has 0 spiro atoms. The SMILES string of the molecule is CC1CCC(C2CC=C(c3cnc(-c4ccc(C[C@H](NC(=O)c5ccc(C(C)(C)C)s5)C(=O)N5CCC[C@H]5C(=O)O)cc4)nc3)CC2)CC1.CC1CCC(C2CC=C(c3cnc(-c4ccc(C[C@H](NC(=O)c5ccc(C(C)(C)C)s5)C(=O)N[C@H](C)C(=O)O)cc4)nc3)CC2)CC1.CCC1CCC(C2CC=C(c3cnc(-c4ccc(C[C@H](NC(=O)c5ccc(C(C)(C)C)s5)C(=O)N5CC[C@H](C(=O)O)C5)cc4)nc3)CC2)CC1. The van der Waals surface area contributed by atoms with Crippen LogP contribution in [0.3, 0.4) is 0 Å². The number of aliphatic carboxylic acids is 3. The molecule has 776 valence electrons. The number of carbonyl (C=O) groups is 9. The fourth-order valence-corrected chi connectivity index (χ4v) is 25.3. The van der Waals surface area contributed by atoms with Crippen LogP contribution in [0.25, 0.3) is 50.9 Å². The van der Waals surface area contributed by atoms with Gasteiger partial charge < -0.3 is 46.4 Å². The van der Waals surface area contributed by atoms with E-state index in [1.165, 1.54) is 165 Å². The third kappa shape index (κ3) is 28.7. The van der Waals surface area contributed by atoms with E-state index in [-0.39, 0.29) is 71.6 Å². The first kappa shape index (κ1) is 109. The summed E-state index contributed by atoms with van der Waals surface area (Å²) in [6, 6.07) is 29.6. The number of carbonyl (C=O) groups excluding carboxylic acids is 6. The maximum absolute atomic E-state index is 13.8. The molecule has 9 atom stereocenters. The number of allylic oxidation sites excluding steroid dienone is 6. The number of rotatable bonds is 29. The molecule has 6 aromatic heterocycles. The number of aromatic nitrogens is 6. The normalized spacial score (nSPS) is 22.7. The molecule has 3 aromatic carbocycles. The summed E-state index contributed by atoms with van der Waals surface area (Å²) in [7, 11) is 0. The highest BCUT2D eigenvalue weighted by molar-refractivity contribution is 7.14. The molecule has 146 heavy (non-hydrogen) atoms. The Balaban J connectivity index is 0.000000164. The Hall–Kier alpha value is -11.6. The van der Waals surface area contributed by atoms with Crippen molar-refractivity contribution >= 4 is 104 Å². The van der Waals surface area contributed by atoms with Crippen LogP contribution in [-0.2, 0) is 64.3 Å². The molecule has 5 fully saturated rings. The highest BCUT2D eigenvalue weighted by atomic mass is 32.1. The Morgan fingerprint density at radius 3 is 1.03 bits per heavy atom. The summed E-state index contributed by atoms with van der Waals surface area (Å²) in [5.74, 6) is 3.85. The number of nitrogens with zero attached hydrogens (tertiary/aromatic N) is 8. The minimum Gasteiger partial charge on any atom is -0.481 e. The lowest BCUT2D eigenvalue weighted by molar-refractivity contribution is -0.148. The molecule has 9 aromatic rings. The van der Waals surface area contributed by atoms with Gasteiger partial charge in [0.2, 0.25) is 17.7 Å². The molecule has 2 saturated heterocycles. The van der Waals surface area contributed by atoms with Crippen molar-refractivity contribution in [3.05, 3.63) is 227 Å². The van der Waals surface area contributed by atoms with Gasteiger partial charge in [-0.05, 0) is 262 Å². The molecular formula is C119H150N12O12S3. The van der Waals surface area contributed by atoms with Crippen molar-refractivity contribution in [2.75, 3.05) is 19.6 Å². The van der Waals surface area contributed by atoms with E-state index in [9.17, 15) is 58.5 Å². The van der Waals surface area contributed by atoms with Crippen molar-refractivity contribution in [2.24, 2.45) is 59.2 Å². The molecule has 0 bridgehead atoms. The topological polar surface area (TPSA) is 346 Å². The Kier molecular flexibility index (Phi) is 36.5. The van der Waals surface area contributed by atoms with Crippen molar-refractivity contribution in [1.29, 1.82) is 0 Å². The number of hydrogen-bond donors (Lipinski definition) is 7. The molecule has 3 saturated carbocycles. The largest absolute Gasteiger partial charge is 0.481 e. The fourth-order valence-electron chi connectivity index (χ4n) is 22.4. The van der Waals surface area contributed by atoms with Crippen LogP contribution in [0.2, 0.25) is 0 Å². The standard InChI is InChI=1S/C41H52N4O4S.C40H50N4O4S.C38H48N4O4S/c1-5-26-6-10-28(11-7-26)29-14-16-30(17-15-29)33-23-42-37(43-24-33)31-12-8-27(9-13-31)22-34(39(47)45-21-20-32(25-45)40(48)49)44-38(46)35-18-19-36(50-35)41(2,3)4;1-25-7-11-27(12-8-25)28-15-17-29(18-16-28)31-23-41-36(42-24-31)30-13-9-26(10-14-30)22-32(38(46)44-21-5-6-33(44)39(47)48)43-37(45)34-19-20-35(49-34)40(2,3)4;1-23-6-10-26(11-7-23)27-14-16-28(17-15-27)30-21-39-34(40-22-30)29-12-8-25(9-13-29)20-31(35(43)41-24(2)37(45)46)42-36(44)32-18-19-33(47-32)38(3,4)5/h8-9,12-13,16,18-19,23-24,26,28-29,32,34H,5-7,10-11,14-15,17,20-22,25H2,1-4H3,(H,44,46)(H,48,49);9-10,13-14,17,19-20,23-25,27-28,32-33H,5-8,11-12,15-16,18,21-22H2,1-4H3,(H,43,45)(H,47,48);8-9,12-13,16,18-19,21-24,26-27,31H,6-7,10-11,14-15,17,20H2,1-5H3,(H,41,43)(H,42,44)(H,45,46)/t26?,28?,29?,32-,34-;25?,27?,28?,32-,33-;23?,24-,26?,27?,31+/m001/s1. The first-order chi connectivity index (χ1) is 69.8. The zero-order chi connectivity index (χ0) is 104. The Labute approximate surface area is 874 Å². The van der Waals surface area contributed by atoms with E-state index in [0.29, 0.717) is 64.5 Å². The molecule has 7 N–H and O–H groups in total.